The smallest absolute Gasteiger partial charge is 0.123 e. The van der Waals surface area contributed by atoms with Crippen molar-refractivity contribution >= 4 is 0 Å². The Bertz CT molecular complexity index is 1750. The van der Waals surface area contributed by atoms with Crippen LogP contribution in [0.5, 0.6) is 11.5 Å². The van der Waals surface area contributed by atoms with E-state index in [4.69, 9.17) is 0 Å². The van der Waals surface area contributed by atoms with Gasteiger partial charge in [0.15, 0.2) is 0 Å². The number of phenols is 2. The Kier molecular flexibility index (Phi) is 7.38. The molecule has 0 radical (unpaired) electrons. The summed E-state index contributed by atoms with van der Waals surface area (Å²) in [4.78, 5) is 0. The zero-order valence-electron chi connectivity index (χ0n) is 25.1. The van der Waals surface area contributed by atoms with Crippen molar-refractivity contribution in [1.82, 2.24) is 0 Å². The number of hydrogen-bond acceptors (Lipinski definition) is 2. The average molecular weight is 561 g/mol. The van der Waals surface area contributed by atoms with E-state index in [-0.39, 0.29) is 11.5 Å². The molecule has 0 aliphatic carbocycles. The highest BCUT2D eigenvalue weighted by molar-refractivity contribution is 5.80. The van der Waals surface area contributed by atoms with Crippen LogP contribution in [0, 0.1) is 27.7 Å². The van der Waals surface area contributed by atoms with Gasteiger partial charge in [-0.15, -0.1) is 0 Å². The van der Waals surface area contributed by atoms with E-state index >= 15 is 0 Å². The Morgan fingerprint density at radius 1 is 0.419 bits per heavy atom. The molecule has 0 aliphatic heterocycles. The van der Waals surface area contributed by atoms with E-state index in [0.717, 1.165) is 66.8 Å². The molecule has 6 rings (SSSR count). The largest absolute Gasteiger partial charge is 0.507 e. The van der Waals surface area contributed by atoms with Crippen LogP contribution in [0.15, 0.2) is 133 Å². The van der Waals surface area contributed by atoms with Gasteiger partial charge in [0.2, 0.25) is 0 Å². The third-order valence-electron chi connectivity index (χ3n) is 8.83. The van der Waals surface area contributed by atoms with E-state index in [1.807, 2.05) is 86.6 Å². The van der Waals surface area contributed by atoms with Crippen molar-refractivity contribution in [1.29, 1.82) is 0 Å². The van der Waals surface area contributed by atoms with E-state index in [9.17, 15) is 10.2 Å². The van der Waals surface area contributed by atoms with Crippen molar-refractivity contribution in [3.63, 3.8) is 0 Å². The van der Waals surface area contributed by atoms with Gasteiger partial charge >= 0.3 is 0 Å². The van der Waals surface area contributed by atoms with E-state index in [2.05, 4.69) is 74.5 Å². The average Bonchev–Trinajstić information content (AvgIpc) is 3.04. The molecule has 0 heterocycles. The lowest BCUT2D eigenvalue weighted by atomic mass is 9.63. The maximum absolute atomic E-state index is 12.3. The summed E-state index contributed by atoms with van der Waals surface area (Å²) in [6.45, 7) is 8.19. The number of phenolic OH excluding ortho intramolecular Hbond substituents is 2. The van der Waals surface area contributed by atoms with E-state index in [1.54, 1.807) is 0 Å². The van der Waals surface area contributed by atoms with Crippen LogP contribution in [0.25, 0.3) is 22.3 Å². The Morgan fingerprint density at radius 3 is 1.05 bits per heavy atom. The second-order valence-corrected chi connectivity index (χ2v) is 11.4. The summed E-state index contributed by atoms with van der Waals surface area (Å²) in [6, 6.07) is 45.1. The molecule has 6 aromatic rings. The van der Waals surface area contributed by atoms with Crippen LogP contribution in [0.3, 0.4) is 0 Å². The first-order valence-corrected chi connectivity index (χ1v) is 14.7. The predicted octanol–water partition coefficient (Wildman–Crippen LogP) is 10.0. The molecule has 0 fully saturated rings. The molecule has 0 amide bonds. The normalized spacial score (nSPS) is 11.4. The lowest BCUT2D eigenvalue weighted by Gasteiger charge is -2.39. The number of rotatable bonds is 6. The van der Waals surface area contributed by atoms with Crippen molar-refractivity contribution in [3.05, 3.63) is 178 Å². The fraction of sp³-hybridized carbons (Fsp3) is 0.122. The quantitative estimate of drug-likeness (QED) is 0.199. The number of aromatic hydroxyl groups is 2. The van der Waals surface area contributed by atoms with Gasteiger partial charge in [0.1, 0.15) is 11.5 Å². The van der Waals surface area contributed by atoms with Crippen LogP contribution in [0.2, 0.25) is 0 Å². The lowest BCUT2D eigenvalue weighted by molar-refractivity contribution is 0.443. The Morgan fingerprint density at radius 2 is 0.721 bits per heavy atom. The number of hydrogen-bond donors (Lipinski definition) is 2. The van der Waals surface area contributed by atoms with Gasteiger partial charge in [-0.05, 0) is 83.3 Å². The molecule has 2 nitrogen and oxygen atoms in total. The van der Waals surface area contributed by atoms with Crippen LogP contribution in [-0.2, 0) is 5.41 Å². The van der Waals surface area contributed by atoms with Crippen molar-refractivity contribution in [3.8, 4) is 33.8 Å². The van der Waals surface area contributed by atoms with Crippen LogP contribution >= 0.6 is 0 Å². The molecule has 2 heteroatoms. The number of aryl methyl sites for hydroxylation is 2. The minimum atomic E-state index is -1.01. The first-order valence-electron chi connectivity index (χ1n) is 14.7. The monoisotopic (exact) mass is 560 g/mol. The fourth-order valence-electron chi connectivity index (χ4n) is 6.93. The summed E-state index contributed by atoms with van der Waals surface area (Å²) in [7, 11) is 0. The zero-order valence-corrected chi connectivity index (χ0v) is 25.1. The summed E-state index contributed by atoms with van der Waals surface area (Å²) < 4.78 is 0. The molecular formula is C41H36O2. The SMILES string of the molecule is Cc1cc(C(c2ccccc2)(c2ccccc2)c2cc(C)c(-c3ccccc3)c(C)c2O)c(O)c(C)c1-c1ccccc1. The summed E-state index contributed by atoms with van der Waals surface area (Å²) in [5, 5.41) is 24.5. The van der Waals surface area contributed by atoms with Gasteiger partial charge in [-0.25, -0.2) is 0 Å². The van der Waals surface area contributed by atoms with Gasteiger partial charge in [0, 0.05) is 11.1 Å². The van der Waals surface area contributed by atoms with Crippen LogP contribution in [-0.4, -0.2) is 10.2 Å². The first-order chi connectivity index (χ1) is 20.9. The van der Waals surface area contributed by atoms with E-state index in [0.29, 0.717) is 0 Å². The molecule has 2 N–H and O–H groups in total. The molecule has 0 aromatic heterocycles. The molecule has 6 aromatic carbocycles. The standard InChI is InChI=1S/C41H36O2/c1-27-25-35(39(42)29(3)37(27)31-17-9-5-10-18-31)41(33-21-13-7-14-22-33,34-23-15-8-16-24-34)36-26-28(2)38(30(4)40(36)43)32-19-11-6-12-20-32/h5-26,42-43H,1-4H3. The van der Waals surface area contributed by atoms with Crippen molar-refractivity contribution < 1.29 is 10.2 Å². The Labute approximate surface area is 254 Å². The topological polar surface area (TPSA) is 40.5 Å². The molecule has 43 heavy (non-hydrogen) atoms. The molecule has 212 valence electrons. The second-order valence-electron chi connectivity index (χ2n) is 11.4. The van der Waals surface area contributed by atoms with Gasteiger partial charge in [-0.1, -0.05) is 133 Å². The first kappa shape index (κ1) is 28.1. The highest BCUT2D eigenvalue weighted by Gasteiger charge is 2.44. The fourth-order valence-corrected chi connectivity index (χ4v) is 6.93. The minimum Gasteiger partial charge on any atom is -0.507 e. The maximum atomic E-state index is 12.3. The molecular weight excluding hydrogens is 524 g/mol. The molecule has 0 aliphatic rings. The van der Waals surface area contributed by atoms with Crippen molar-refractivity contribution in [2.75, 3.05) is 0 Å². The third-order valence-corrected chi connectivity index (χ3v) is 8.83. The van der Waals surface area contributed by atoms with E-state index < -0.39 is 5.41 Å². The molecule has 0 atom stereocenters. The lowest BCUT2D eigenvalue weighted by Crippen LogP contribution is -2.32. The maximum Gasteiger partial charge on any atom is 0.123 e. The third kappa shape index (κ3) is 4.60. The molecule has 0 saturated carbocycles. The second kappa shape index (κ2) is 11.3. The van der Waals surface area contributed by atoms with E-state index in [1.165, 1.54) is 0 Å². The predicted molar refractivity (Wildman–Crippen MR) is 178 cm³/mol. The minimum absolute atomic E-state index is 0.221. The summed E-state index contributed by atoms with van der Waals surface area (Å²) in [5.74, 6) is 0.443. The van der Waals surface area contributed by atoms with Crippen molar-refractivity contribution in [2.45, 2.75) is 33.1 Å². The van der Waals surface area contributed by atoms with Crippen LogP contribution in [0.1, 0.15) is 44.5 Å². The highest BCUT2D eigenvalue weighted by atomic mass is 16.3. The van der Waals surface area contributed by atoms with Crippen LogP contribution in [0.4, 0.5) is 0 Å². The van der Waals surface area contributed by atoms with Gasteiger partial charge in [0.25, 0.3) is 0 Å². The van der Waals surface area contributed by atoms with Crippen LogP contribution < -0.4 is 0 Å². The molecule has 0 saturated heterocycles. The molecule has 0 spiro atoms. The van der Waals surface area contributed by atoms with Crippen molar-refractivity contribution in [2.24, 2.45) is 0 Å². The molecule has 0 unspecified atom stereocenters. The Balaban J connectivity index is 1.77. The van der Waals surface area contributed by atoms with Gasteiger partial charge in [0.05, 0.1) is 5.41 Å². The summed E-state index contributed by atoms with van der Waals surface area (Å²) >= 11 is 0. The summed E-state index contributed by atoms with van der Waals surface area (Å²) in [5.41, 5.74) is 10.3. The van der Waals surface area contributed by atoms with Gasteiger partial charge in [-0.2, -0.15) is 0 Å². The van der Waals surface area contributed by atoms with Gasteiger partial charge < -0.3 is 10.2 Å². The zero-order chi connectivity index (χ0) is 30.1. The highest BCUT2D eigenvalue weighted by Crippen LogP contribution is 2.54. The molecule has 0 bridgehead atoms. The Hall–Kier alpha value is -5.08. The number of benzene rings is 6. The summed E-state index contributed by atoms with van der Waals surface area (Å²) in [6.07, 6.45) is 0. The van der Waals surface area contributed by atoms with Gasteiger partial charge in [-0.3, -0.25) is 0 Å².